The molecule has 12 heteroatoms. The third-order valence-electron chi connectivity index (χ3n) is 7.47. The van der Waals surface area contributed by atoms with Gasteiger partial charge in [0.1, 0.15) is 17.0 Å². The minimum atomic E-state index is -1.72. The van der Waals surface area contributed by atoms with Crippen molar-refractivity contribution in [3.8, 4) is 17.5 Å². The smallest absolute Gasteiger partial charge is 0.242 e. The molecule has 5 rings (SSSR count). The number of halogens is 4. The monoisotopic (exact) mass is 609 g/mol. The Balaban J connectivity index is 1.67. The number of nitrogens with one attached hydrogen (secondary N) is 3. The molecule has 8 nitrogen and oxygen atoms in total. The molecule has 4 aromatic rings. The van der Waals surface area contributed by atoms with Gasteiger partial charge >= 0.3 is 0 Å². The summed E-state index contributed by atoms with van der Waals surface area (Å²) in [4.78, 5) is 14.1. The second-order valence-electron chi connectivity index (χ2n) is 11.5. The van der Waals surface area contributed by atoms with E-state index in [1.807, 2.05) is 20.8 Å². The van der Waals surface area contributed by atoms with Gasteiger partial charge < -0.3 is 10.6 Å². The van der Waals surface area contributed by atoms with Gasteiger partial charge in [-0.25, -0.2) is 8.78 Å². The van der Waals surface area contributed by atoms with Crippen LogP contribution in [0.5, 0.6) is 0 Å². The van der Waals surface area contributed by atoms with Crippen molar-refractivity contribution in [2.45, 2.75) is 50.6 Å². The van der Waals surface area contributed by atoms with Crippen molar-refractivity contribution in [3.05, 3.63) is 93.5 Å². The zero-order valence-electron chi connectivity index (χ0n) is 22.9. The van der Waals surface area contributed by atoms with E-state index in [0.29, 0.717) is 23.5 Å². The van der Waals surface area contributed by atoms with Crippen molar-refractivity contribution in [2.24, 2.45) is 5.41 Å². The number of H-pyrrole nitrogens is 1. The molecule has 3 aromatic carbocycles. The van der Waals surface area contributed by atoms with Crippen molar-refractivity contribution in [1.29, 1.82) is 5.26 Å². The SMILES string of the molecule is CC(C)(C)C[C@@H]1N[C@@H](C(=O)Nc2cccc(-c3nn[nH]n3)c2)[C@H](c2cccc(Cl)c2F)[C@@]1(C#N)c1ccc(Cl)cc1F. The minimum Gasteiger partial charge on any atom is -0.325 e. The van der Waals surface area contributed by atoms with Crippen LogP contribution in [-0.2, 0) is 10.2 Å². The molecule has 0 radical (unpaired) electrons. The average molecular weight is 610 g/mol. The summed E-state index contributed by atoms with van der Waals surface area (Å²) in [5.41, 5.74) is -1.04. The van der Waals surface area contributed by atoms with E-state index in [9.17, 15) is 10.1 Å². The summed E-state index contributed by atoms with van der Waals surface area (Å²) in [7, 11) is 0. The van der Waals surface area contributed by atoms with E-state index in [1.54, 1.807) is 30.3 Å². The first-order valence-corrected chi connectivity index (χ1v) is 13.9. The van der Waals surface area contributed by atoms with Gasteiger partial charge in [0.2, 0.25) is 11.7 Å². The number of tetrazole rings is 1. The number of aromatic amines is 1. The molecule has 1 amide bonds. The van der Waals surface area contributed by atoms with Crippen LogP contribution < -0.4 is 10.6 Å². The summed E-state index contributed by atoms with van der Waals surface area (Å²) in [5, 5.41) is 31.0. The Morgan fingerprint density at radius 3 is 2.55 bits per heavy atom. The third kappa shape index (κ3) is 5.48. The number of anilines is 1. The molecular formula is C30H27Cl2F2N7O. The first-order valence-electron chi connectivity index (χ1n) is 13.2. The van der Waals surface area contributed by atoms with Gasteiger partial charge in [-0.3, -0.25) is 4.79 Å². The van der Waals surface area contributed by atoms with E-state index >= 15 is 8.78 Å². The number of hydrogen-bond acceptors (Lipinski definition) is 6. The second kappa shape index (κ2) is 11.4. The number of nitrogens with zero attached hydrogens (tertiary/aromatic N) is 4. The van der Waals surface area contributed by atoms with Gasteiger partial charge in [-0.1, -0.05) is 74.3 Å². The van der Waals surface area contributed by atoms with Crippen molar-refractivity contribution >= 4 is 34.8 Å². The number of rotatable bonds is 6. The Morgan fingerprint density at radius 2 is 1.88 bits per heavy atom. The molecule has 0 aliphatic carbocycles. The van der Waals surface area contributed by atoms with Gasteiger partial charge in [0, 0.05) is 33.8 Å². The Kier molecular flexibility index (Phi) is 8.03. The van der Waals surface area contributed by atoms with Crippen LogP contribution in [0.2, 0.25) is 10.0 Å². The lowest BCUT2D eigenvalue weighted by Gasteiger charge is -2.37. The van der Waals surface area contributed by atoms with Crippen LogP contribution in [0.3, 0.4) is 0 Å². The molecule has 1 fully saturated rings. The van der Waals surface area contributed by atoms with Crippen LogP contribution in [0.4, 0.5) is 14.5 Å². The number of carbonyl (C=O) groups is 1. The van der Waals surface area contributed by atoms with Crippen LogP contribution in [0.25, 0.3) is 11.4 Å². The molecule has 0 unspecified atom stereocenters. The topological polar surface area (TPSA) is 119 Å². The number of amides is 1. The number of aromatic nitrogens is 4. The molecule has 1 aliphatic heterocycles. The maximum absolute atomic E-state index is 15.8. The summed E-state index contributed by atoms with van der Waals surface area (Å²) < 4.78 is 31.6. The Morgan fingerprint density at radius 1 is 1.12 bits per heavy atom. The highest BCUT2D eigenvalue weighted by atomic mass is 35.5. The van der Waals surface area contributed by atoms with E-state index in [4.69, 9.17) is 23.2 Å². The minimum absolute atomic E-state index is 0.00919. The lowest BCUT2D eigenvalue weighted by Crippen LogP contribution is -2.45. The molecule has 1 saturated heterocycles. The van der Waals surface area contributed by atoms with Gasteiger partial charge in [-0.15, -0.1) is 10.2 Å². The van der Waals surface area contributed by atoms with E-state index in [-0.39, 0.29) is 26.6 Å². The van der Waals surface area contributed by atoms with Gasteiger partial charge in [-0.2, -0.15) is 10.5 Å². The van der Waals surface area contributed by atoms with Crippen molar-refractivity contribution in [3.63, 3.8) is 0 Å². The van der Waals surface area contributed by atoms with Gasteiger partial charge in [0.25, 0.3) is 0 Å². The first kappa shape index (κ1) is 29.6. The fourth-order valence-corrected chi connectivity index (χ4v) is 6.14. The standard InChI is InChI=1S/C30H27Cl2F2N7O/c1-29(2,3)14-23-30(15-35,20-11-10-17(31)13-22(20)33)24(19-8-5-9-21(32)25(19)34)26(37-23)28(42)36-18-7-4-6-16(12-18)27-38-40-41-39-27/h4-13,23-24,26,37H,14H2,1-3H3,(H,36,42)(H,38,39,40,41)/t23-,24-,26+,30-/m0/s1. The van der Waals surface area contributed by atoms with Crippen LogP contribution in [0, 0.1) is 28.4 Å². The third-order valence-corrected chi connectivity index (χ3v) is 7.99. The quantitative estimate of drug-likeness (QED) is 0.232. The molecule has 2 heterocycles. The highest BCUT2D eigenvalue weighted by molar-refractivity contribution is 6.31. The normalized spacial score (nSPS) is 22.1. The molecule has 216 valence electrons. The zero-order chi connectivity index (χ0) is 30.2. The Labute approximate surface area is 251 Å². The fraction of sp³-hybridized carbons (Fsp3) is 0.300. The summed E-state index contributed by atoms with van der Waals surface area (Å²) in [6.07, 6.45) is 0.360. The number of benzene rings is 3. The molecular weight excluding hydrogens is 583 g/mol. The summed E-state index contributed by atoms with van der Waals surface area (Å²) in [6, 6.07) is 15.6. The van der Waals surface area contributed by atoms with Crippen LogP contribution in [0.15, 0.2) is 60.7 Å². The molecule has 3 N–H and O–H groups in total. The predicted molar refractivity (Wildman–Crippen MR) is 156 cm³/mol. The lowest BCUT2D eigenvalue weighted by molar-refractivity contribution is -0.118. The fourth-order valence-electron chi connectivity index (χ4n) is 5.80. The first-order chi connectivity index (χ1) is 19.9. The van der Waals surface area contributed by atoms with Crippen molar-refractivity contribution in [1.82, 2.24) is 25.9 Å². The van der Waals surface area contributed by atoms with Gasteiger partial charge in [-0.05, 0) is 52.9 Å². The van der Waals surface area contributed by atoms with Crippen molar-refractivity contribution in [2.75, 3.05) is 5.32 Å². The van der Waals surface area contributed by atoms with E-state index in [1.165, 1.54) is 24.3 Å². The van der Waals surface area contributed by atoms with Crippen LogP contribution in [-0.4, -0.2) is 38.6 Å². The summed E-state index contributed by atoms with van der Waals surface area (Å²) in [6.45, 7) is 5.92. The lowest BCUT2D eigenvalue weighted by atomic mass is 9.62. The molecule has 1 aromatic heterocycles. The summed E-state index contributed by atoms with van der Waals surface area (Å²) in [5.74, 6) is -2.91. The maximum atomic E-state index is 15.8. The molecule has 1 aliphatic rings. The molecule has 4 atom stereocenters. The van der Waals surface area contributed by atoms with E-state index < -0.39 is 41.0 Å². The summed E-state index contributed by atoms with van der Waals surface area (Å²) >= 11 is 12.3. The second-order valence-corrected chi connectivity index (χ2v) is 12.3. The van der Waals surface area contributed by atoms with E-state index in [0.717, 1.165) is 6.07 Å². The number of hydrogen-bond donors (Lipinski definition) is 3. The molecule has 42 heavy (non-hydrogen) atoms. The van der Waals surface area contributed by atoms with E-state index in [2.05, 4.69) is 37.3 Å². The van der Waals surface area contributed by atoms with Crippen LogP contribution >= 0.6 is 23.2 Å². The molecule has 0 bridgehead atoms. The van der Waals surface area contributed by atoms with Gasteiger partial charge in [0.05, 0.1) is 17.1 Å². The zero-order valence-corrected chi connectivity index (χ0v) is 24.4. The Bertz CT molecular complexity index is 1670. The predicted octanol–water partition coefficient (Wildman–Crippen LogP) is 6.41. The van der Waals surface area contributed by atoms with Crippen molar-refractivity contribution < 1.29 is 13.6 Å². The largest absolute Gasteiger partial charge is 0.325 e. The number of carbonyl (C=O) groups excluding carboxylic acids is 1. The maximum Gasteiger partial charge on any atom is 0.242 e. The highest BCUT2D eigenvalue weighted by Gasteiger charge is 2.61. The van der Waals surface area contributed by atoms with Gasteiger partial charge in [0.15, 0.2) is 0 Å². The average Bonchev–Trinajstić information content (AvgIpc) is 3.57. The highest BCUT2D eigenvalue weighted by Crippen LogP contribution is 2.52. The van der Waals surface area contributed by atoms with Crippen LogP contribution in [0.1, 0.15) is 44.2 Å². The Hall–Kier alpha value is -3.91. The molecule has 0 spiro atoms. The molecule has 0 saturated carbocycles. The number of nitriles is 1.